The molecular weight excluding hydrogens is 314 g/mol. The first-order valence-corrected chi connectivity index (χ1v) is 8.00. The van der Waals surface area contributed by atoms with Crippen LogP contribution < -0.4 is 5.73 Å². The molecule has 0 fully saturated rings. The van der Waals surface area contributed by atoms with E-state index in [1.165, 1.54) is 31.0 Å². The molecule has 24 heavy (non-hydrogen) atoms. The first-order valence-electron chi connectivity index (χ1n) is 8.00. The molecule has 0 saturated carbocycles. The van der Waals surface area contributed by atoms with Gasteiger partial charge in [-0.1, -0.05) is 6.92 Å². The lowest BCUT2D eigenvalue weighted by Crippen LogP contribution is -2.56. The molecule has 0 bridgehead atoms. The summed E-state index contributed by atoms with van der Waals surface area (Å²) in [5, 5.41) is 9.55. The van der Waals surface area contributed by atoms with Crippen LogP contribution in [0.3, 0.4) is 0 Å². The van der Waals surface area contributed by atoms with Crippen molar-refractivity contribution in [2.45, 2.75) is 57.7 Å². The highest BCUT2D eigenvalue weighted by Gasteiger charge is 2.36. The third kappa shape index (κ3) is 6.09. The average Bonchev–Trinajstić information content (AvgIpc) is 2.52. The van der Waals surface area contributed by atoms with Crippen molar-refractivity contribution in [2.24, 2.45) is 5.73 Å². The summed E-state index contributed by atoms with van der Waals surface area (Å²) in [5.41, 5.74) is 4.77. The predicted molar refractivity (Wildman–Crippen MR) is 90.0 cm³/mol. The number of aliphatic hydroxyl groups excluding tert-OH is 1. The highest BCUT2D eigenvalue weighted by molar-refractivity contribution is 5.91. The van der Waals surface area contributed by atoms with Crippen molar-refractivity contribution in [1.29, 1.82) is 0 Å². The molecule has 0 spiro atoms. The summed E-state index contributed by atoms with van der Waals surface area (Å²) >= 11 is 0. The van der Waals surface area contributed by atoms with Crippen molar-refractivity contribution in [1.82, 2.24) is 9.80 Å². The van der Waals surface area contributed by atoms with Crippen molar-refractivity contribution in [3.05, 3.63) is 0 Å². The van der Waals surface area contributed by atoms with E-state index < -0.39 is 36.1 Å². The molecule has 0 aromatic rings. The fraction of sp³-hybridized carbons (Fsp3) is 0.812. The van der Waals surface area contributed by atoms with Gasteiger partial charge in [0.15, 0.2) is 0 Å². The quantitative estimate of drug-likeness (QED) is 0.566. The van der Waals surface area contributed by atoms with Crippen molar-refractivity contribution in [3.8, 4) is 0 Å². The minimum atomic E-state index is -1.05. The maximum absolute atomic E-state index is 12.7. The summed E-state index contributed by atoms with van der Waals surface area (Å²) < 4.78 is 5.29. The molecule has 0 aliphatic rings. The number of primary amides is 1. The Morgan fingerprint density at radius 2 is 1.71 bits per heavy atom. The van der Waals surface area contributed by atoms with Crippen LogP contribution in [-0.2, 0) is 19.1 Å². The van der Waals surface area contributed by atoms with Gasteiger partial charge in [-0.05, 0) is 20.3 Å². The van der Waals surface area contributed by atoms with Crippen LogP contribution in [0.15, 0.2) is 0 Å². The number of rotatable bonds is 10. The number of nitrogens with two attached hydrogens (primary N) is 1. The Labute approximate surface area is 143 Å². The van der Waals surface area contributed by atoms with E-state index in [4.69, 9.17) is 10.5 Å². The number of ether oxygens (including phenoxy) is 1. The molecule has 140 valence electrons. The van der Waals surface area contributed by atoms with Crippen LogP contribution in [0, 0.1) is 0 Å². The highest BCUT2D eigenvalue weighted by atomic mass is 16.5. The van der Waals surface area contributed by atoms with Gasteiger partial charge in [-0.15, -0.1) is 0 Å². The number of amides is 3. The van der Waals surface area contributed by atoms with Crippen LogP contribution in [0.25, 0.3) is 0 Å². The Balaban J connectivity index is 5.32. The molecule has 3 N–H and O–H groups in total. The van der Waals surface area contributed by atoms with E-state index >= 15 is 0 Å². The lowest BCUT2D eigenvalue weighted by molar-refractivity contribution is -0.150. The van der Waals surface area contributed by atoms with Gasteiger partial charge in [0.25, 0.3) is 0 Å². The topological polar surface area (TPSA) is 113 Å². The number of aliphatic hydroxyl groups is 1. The molecule has 1 unspecified atom stereocenters. The van der Waals surface area contributed by atoms with E-state index in [0.29, 0.717) is 6.42 Å². The second-order valence-corrected chi connectivity index (χ2v) is 6.49. The van der Waals surface area contributed by atoms with Gasteiger partial charge in [-0.3, -0.25) is 14.4 Å². The predicted octanol–water partition coefficient (Wildman–Crippen LogP) is -0.267. The molecule has 0 aromatic heterocycles. The summed E-state index contributed by atoms with van der Waals surface area (Å²) in [6.45, 7) is 4.88. The van der Waals surface area contributed by atoms with Gasteiger partial charge in [0.1, 0.15) is 12.1 Å². The molecule has 0 aromatic carbocycles. The molecule has 2 atom stereocenters. The monoisotopic (exact) mass is 345 g/mol. The number of likely N-dealkylation sites (N-methyl/N-ethyl adjacent to an activating group) is 2. The van der Waals surface area contributed by atoms with Crippen molar-refractivity contribution >= 4 is 17.7 Å². The Bertz CT molecular complexity index is 453. The van der Waals surface area contributed by atoms with Gasteiger partial charge in [0.05, 0.1) is 12.2 Å². The van der Waals surface area contributed by atoms with E-state index in [2.05, 4.69) is 0 Å². The molecule has 0 heterocycles. The summed E-state index contributed by atoms with van der Waals surface area (Å²) in [5.74, 6) is -1.46. The van der Waals surface area contributed by atoms with E-state index in [-0.39, 0.29) is 18.7 Å². The molecule has 0 aliphatic heterocycles. The molecule has 8 nitrogen and oxygen atoms in total. The number of carbonyl (C=O) groups excluding carboxylic acids is 3. The van der Waals surface area contributed by atoms with Gasteiger partial charge >= 0.3 is 0 Å². The van der Waals surface area contributed by atoms with Gasteiger partial charge in [0, 0.05) is 34.0 Å². The van der Waals surface area contributed by atoms with Gasteiger partial charge in [0.2, 0.25) is 17.7 Å². The molecule has 8 heteroatoms. The first kappa shape index (κ1) is 22.3. The largest absolute Gasteiger partial charge is 0.394 e. The highest BCUT2D eigenvalue weighted by Crippen LogP contribution is 2.19. The van der Waals surface area contributed by atoms with E-state index in [9.17, 15) is 19.5 Å². The molecule has 0 saturated heterocycles. The van der Waals surface area contributed by atoms with Crippen LogP contribution in [0.5, 0.6) is 0 Å². The number of hydrogen-bond acceptors (Lipinski definition) is 5. The van der Waals surface area contributed by atoms with Crippen LogP contribution in [0.2, 0.25) is 0 Å². The Morgan fingerprint density at radius 3 is 2.08 bits per heavy atom. The lowest BCUT2D eigenvalue weighted by atomic mass is 9.97. The summed E-state index contributed by atoms with van der Waals surface area (Å²) in [6, 6.07) is -1.96. The molecular formula is C16H31N3O5. The van der Waals surface area contributed by atoms with Crippen molar-refractivity contribution in [3.63, 3.8) is 0 Å². The second kappa shape index (κ2) is 9.58. The van der Waals surface area contributed by atoms with Crippen molar-refractivity contribution < 1.29 is 24.2 Å². The molecule has 0 aliphatic carbocycles. The Kier molecular flexibility index (Phi) is 8.92. The van der Waals surface area contributed by atoms with Gasteiger partial charge in [-0.25, -0.2) is 0 Å². The zero-order valence-corrected chi connectivity index (χ0v) is 15.5. The van der Waals surface area contributed by atoms with Crippen LogP contribution >= 0.6 is 0 Å². The zero-order valence-electron chi connectivity index (χ0n) is 15.5. The third-order valence-electron chi connectivity index (χ3n) is 4.16. The second-order valence-electron chi connectivity index (χ2n) is 6.49. The fourth-order valence-corrected chi connectivity index (χ4v) is 2.30. The number of carbonyl (C=O) groups is 3. The van der Waals surface area contributed by atoms with Gasteiger partial charge < -0.3 is 25.4 Å². The minimum Gasteiger partial charge on any atom is -0.394 e. The van der Waals surface area contributed by atoms with Gasteiger partial charge in [-0.2, -0.15) is 0 Å². The summed E-state index contributed by atoms with van der Waals surface area (Å²) in [6.07, 6.45) is 1.11. The number of methoxy groups -OCH3 is 1. The first-order chi connectivity index (χ1) is 11.0. The lowest BCUT2D eigenvalue weighted by Gasteiger charge is -2.35. The minimum absolute atomic E-state index is 0.200. The third-order valence-corrected chi connectivity index (χ3v) is 4.16. The van der Waals surface area contributed by atoms with Crippen LogP contribution in [-0.4, -0.2) is 78.1 Å². The molecule has 0 radical (unpaired) electrons. The van der Waals surface area contributed by atoms with Crippen LogP contribution in [0.4, 0.5) is 0 Å². The fourth-order valence-electron chi connectivity index (χ4n) is 2.30. The van der Waals surface area contributed by atoms with E-state index in [1.54, 1.807) is 13.8 Å². The Hall–Kier alpha value is -1.67. The summed E-state index contributed by atoms with van der Waals surface area (Å²) in [4.78, 5) is 38.8. The zero-order chi connectivity index (χ0) is 19.1. The summed E-state index contributed by atoms with van der Waals surface area (Å²) in [7, 11) is 4.40. The number of hydrogen-bond donors (Lipinski definition) is 2. The average molecular weight is 345 g/mol. The van der Waals surface area contributed by atoms with E-state index in [0.717, 1.165) is 0 Å². The maximum Gasteiger partial charge on any atom is 0.248 e. The molecule has 3 amide bonds. The van der Waals surface area contributed by atoms with E-state index in [1.807, 2.05) is 6.92 Å². The maximum atomic E-state index is 12.7. The van der Waals surface area contributed by atoms with Crippen molar-refractivity contribution in [2.75, 3.05) is 27.8 Å². The molecule has 0 rings (SSSR count). The normalized spacial score (nSPS) is 14.0. The number of nitrogens with zero attached hydrogens (tertiary/aromatic N) is 2. The Morgan fingerprint density at radius 1 is 1.17 bits per heavy atom. The smallest absolute Gasteiger partial charge is 0.248 e. The SMILES string of the molecule is CCCC(=O)N(C)C(CO)C(=O)N(C)[C@@H](CC(C)(C)OC)C(N)=O. The van der Waals surface area contributed by atoms with Crippen LogP contribution in [0.1, 0.15) is 40.0 Å². The standard InChI is InChI=1S/C16H31N3O5/c1-7-8-13(21)18(4)12(10-20)15(23)19(5)11(14(17)22)9-16(2,3)24-6/h11-12,20H,7-10H2,1-6H3,(H2,17,22)/t11-,12?/m0/s1.